The molecular weight excluding hydrogens is 452 g/mol. The predicted molar refractivity (Wildman–Crippen MR) is 114 cm³/mol. The molecule has 0 spiro atoms. The molecule has 0 aliphatic carbocycles. The van der Waals surface area contributed by atoms with E-state index in [4.69, 9.17) is 4.74 Å². The number of carbonyl (C=O) groups is 1. The summed E-state index contributed by atoms with van der Waals surface area (Å²) in [6, 6.07) is 19.4. The lowest BCUT2D eigenvalue weighted by molar-refractivity contribution is -0.384. The smallest absolute Gasteiger partial charge is 0.271 e. The number of benzene rings is 3. The van der Waals surface area contributed by atoms with Gasteiger partial charge in [0.15, 0.2) is 0 Å². The maximum atomic E-state index is 12.1. The number of rotatable bonds is 6. The van der Waals surface area contributed by atoms with E-state index in [1.54, 1.807) is 42.5 Å². The van der Waals surface area contributed by atoms with Crippen LogP contribution in [-0.4, -0.2) is 17.0 Å². The molecule has 0 aromatic heterocycles. The first-order valence-corrected chi connectivity index (χ1v) is 9.31. The number of nitrogens with zero attached hydrogens (tertiary/aromatic N) is 3. The Morgan fingerprint density at radius 2 is 1.97 bits per heavy atom. The number of nitro groups is 1. The molecule has 0 atom stereocenters. The molecule has 0 aliphatic rings. The van der Waals surface area contributed by atoms with Gasteiger partial charge in [-0.05, 0) is 42.0 Å². The van der Waals surface area contributed by atoms with Gasteiger partial charge in [0.25, 0.3) is 11.6 Å². The molecule has 8 nitrogen and oxygen atoms in total. The second-order valence-corrected chi connectivity index (χ2v) is 6.85. The second kappa shape index (κ2) is 9.45. The summed E-state index contributed by atoms with van der Waals surface area (Å²) < 4.78 is 6.47. The molecule has 0 unspecified atom stereocenters. The van der Waals surface area contributed by atoms with Crippen molar-refractivity contribution in [1.29, 1.82) is 5.26 Å². The lowest BCUT2D eigenvalue weighted by Crippen LogP contribution is -2.17. The fourth-order valence-electron chi connectivity index (χ4n) is 2.45. The van der Waals surface area contributed by atoms with Gasteiger partial charge in [-0.25, -0.2) is 5.43 Å². The predicted octanol–water partition coefficient (Wildman–Crippen LogP) is 4.79. The molecule has 0 heterocycles. The Labute approximate surface area is 179 Å². The van der Waals surface area contributed by atoms with Crippen LogP contribution in [0.1, 0.15) is 21.5 Å². The third kappa shape index (κ3) is 5.27. The van der Waals surface area contributed by atoms with Crippen LogP contribution in [0.5, 0.6) is 11.5 Å². The fraction of sp³-hybridized carbons (Fsp3) is 0. The summed E-state index contributed by atoms with van der Waals surface area (Å²) in [5.41, 5.74) is 3.39. The Morgan fingerprint density at radius 3 is 2.70 bits per heavy atom. The number of halogens is 1. The van der Waals surface area contributed by atoms with E-state index in [0.717, 1.165) is 10.5 Å². The summed E-state index contributed by atoms with van der Waals surface area (Å²) in [4.78, 5) is 22.4. The van der Waals surface area contributed by atoms with Crippen LogP contribution < -0.4 is 10.2 Å². The Morgan fingerprint density at radius 1 is 1.17 bits per heavy atom. The molecule has 1 amide bonds. The van der Waals surface area contributed by atoms with Crippen molar-refractivity contribution in [3.8, 4) is 17.6 Å². The van der Waals surface area contributed by atoms with E-state index in [0.29, 0.717) is 16.9 Å². The molecule has 148 valence electrons. The van der Waals surface area contributed by atoms with Crippen LogP contribution in [0.25, 0.3) is 0 Å². The fourth-order valence-corrected chi connectivity index (χ4v) is 2.85. The summed E-state index contributed by atoms with van der Waals surface area (Å²) in [7, 11) is 0. The number of nitriles is 1. The van der Waals surface area contributed by atoms with Gasteiger partial charge < -0.3 is 4.74 Å². The lowest BCUT2D eigenvalue weighted by Gasteiger charge is -2.08. The van der Waals surface area contributed by atoms with Crippen molar-refractivity contribution in [2.75, 3.05) is 0 Å². The highest BCUT2D eigenvalue weighted by atomic mass is 79.9. The molecule has 9 heteroatoms. The van der Waals surface area contributed by atoms with Crippen LogP contribution in [-0.2, 0) is 0 Å². The topological polar surface area (TPSA) is 118 Å². The molecule has 1 N–H and O–H groups in total. The van der Waals surface area contributed by atoms with Crippen molar-refractivity contribution >= 4 is 33.7 Å². The average Bonchev–Trinajstić information content (AvgIpc) is 2.74. The minimum atomic E-state index is -0.579. The number of hydrazone groups is 1. The molecule has 0 radical (unpaired) electrons. The summed E-state index contributed by atoms with van der Waals surface area (Å²) in [5, 5.41) is 24.0. The van der Waals surface area contributed by atoms with Crippen molar-refractivity contribution in [1.82, 2.24) is 5.43 Å². The summed E-state index contributed by atoms with van der Waals surface area (Å²) >= 11 is 3.31. The molecular formula is C21H13BrN4O4. The van der Waals surface area contributed by atoms with Crippen LogP contribution >= 0.6 is 15.9 Å². The van der Waals surface area contributed by atoms with E-state index in [1.165, 1.54) is 18.3 Å². The summed E-state index contributed by atoms with van der Waals surface area (Å²) in [6.45, 7) is 0. The van der Waals surface area contributed by atoms with Crippen LogP contribution in [0.2, 0.25) is 0 Å². The zero-order valence-electron chi connectivity index (χ0n) is 15.3. The van der Waals surface area contributed by atoms with E-state index >= 15 is 0 Å². The third-order valence-corrected chi connectivity index (χ3v) is 4.34. The van der Waals surface area contributed by atoms with E-state index in [1.807, 2.05) is 12.1 Å². The Bertz CT molecular complexity index is 1190. The number of amides is 1. The van der Waals surface area contributed by atoms with E-state index in [-0.39, 0.29) is 22.9 Å². The Kier molecular flexibility index (Phi) is 6.52. The first kappa shape index (κ1) is 20.7. The number of hydrogen-bond acceptors (Lipinski definition) is 6. The van der Waals surface area contributed by atoms with Gasteiger partial charge in [-0.15, -0.1) is 0 Å². The SMILES string of the molecule is N#Cc1cc([N+](=O)[O-])ccc1Oc1cccc(/C=N/NC(=O)c2cccc(Br)c2)c1. The first-order valence-electron chi connectivity index (χ1n) is 8.51. The highest BCUT2D eigenvalue weighted by molar-refractivity contribution is 9.10. The van der Waals surface area contributed by atoms with Crippen molar-refractivity contribution in [3.05, 3.63) is 98.0 Å². The Hall–Kier alpha value is -4.03. The molecule has 0 fully saturated rings. The number of nitrogens with one attached hydrogen (secondary N) is 1. The van der Waals surface area contributed by atoms with E-state index in [2.05, 4.69) is 26.5 Å². The number of hydrogen-bond donors (Lipinski definition) is 1. The normalized spacial score (nSPS) is 10.4. The highest BCUT2D eigenvalue weighted by Crippen LogP contribution is 2.28. The number of nitro benzene ring substituents is 1. The van der Waals surface area contributed by atoms with Crippen LogP contribution in [0.15, 0.2) is 76.3 Å². The van der Waals surface area contributed by atoms with Gasteiger partial charge in [-0.2, -0.15) is 10.4 Å². The van der Waals surface area contributed by atoms with E-state index < -0.39 is 4.92 Å². The monoisotopic (exact) mass is 464 g/mol. The average molecular weight is 465 g/mol. The largest absolute Gasteiger partial charge is 0.456 e. The van der Waals surface area contributed by atoms with Crippen molar-refractivity contribution < 1.29 is 14.5 Å². The molecule has 30 heavy (non-hydrogen) atoms. The van der Waals surface area contributed by atoms with Gasteiger partial charge in [0, 0.05) is 22.2 Å². The van der Waals surface area contributed by atoms with Gasteiger partial charge >= 0.3 is 0 Å². The first-order chi connectivity index (χ1) is 14.5. The van der Waals surface area contributed by atoms with Gasteiger partial charge in [-0.1, -0.05) is 34.1 Å². The zero-order chi connectivity index (χ0) is 21.5. The van der Waals surface area contributed by atoms with Crippen molar-refractivity contribution in [3.63, 3.8) is 0 Å². The molecule has 3 aromatic rings. The molecule has 0 saturated carbocycles. The lowest BCUT2D eigenvalue weighted by atomic mass is 10.2. The highest BCUT2D eigenvalue weighted by Gasteiger charge is 2.12. The number of non-ortho nitro benzene ring substituents is 1. The minimum absolute atomic E-state index is 0.0459. The number of ether oxygens (including phenoxy) is 1. The Balaban J connectivity index is 1.71. The standard InChI is InChI=1S/C21H13BrN4O4/c22-17-5-2-4-15(10-17)21(27)25-24-13-14-3-1-6-19(9-14)30-20-8-7-18(26(28)29)11-16(20)12-23/h1-11,13H,(H,25,27)/b24-13+. The van der Waals surface area contributed by atoms with Crippen molar-refractivity contribution in [2.45, 2.75) is 0 Å². The van der Waals surface area contributed by atoms with Crippen LogP contribution in [0, 0.1) is 21.4 Å². The maximum Gasteiger partial charge on any atom is 0.271 e. The second-order valence-electron chi connectivity index (χ2n) is 5.93. The molecule has 0 aliphatic heterocycles. The third-order valence-electron chi connectivity index (χ3n) is 3.85. The zero-order valence-corrected chi connectivity index (χ0v) is 16.9. The van der Waals surface area contributed by atoms with Crippen LogP contribution in [0.4, 0.5) is 5.69 Å². The molecule has 0 saturated heterocycles. The van der Waals surface area contributed by atoms with Crippen molar-refractivity contribution in [2.24, 2.45) is 5.10 Å². The molecule has 3 rings (SSSR count). The van der Waals surface area contributed by atoms with Gasteiger partial charge in [-0.3, -0.25) is 14.9 Å². The van der Waals surface area contributed by atoms with Gasteiger partial charge in [0.1, 0.15) is 23.1 Å². The minimum Gasteiger partial charge on any atom is -0.456 e. The maximum absolute atomic E-state index is 12.1. The van der Waals surface area contributed by atoms with Gasteiger partial charge in [0.05, 0.1) is 11.1 Å². The molecule has 3 aromatic carbocycles. The quantitative estimate of drug-likeness (QED) is 0.319. The molecule has 0 bridgehead atoms. The number of carbonyl (C=O) groups excluding carboxylic acids is 1. The summed E-state index contributed by atoms with van der Waals surface area (Å²) in [5.74, 6) is 0.243. The van der Waals surface area contributed by atoms with E-state index in [9.17, 15) is 20.2 Å². The van der Waals surface area contributed by atoms with Gasteiger partial charge in [0.2, 0.25) is 0 Å². The summed E-state index contributed by atoms with van der Waals surface area (Å²) in [6.07, 6.45) is 1.45. The van der Waals surface area contributed by atoms with Crippen LogP contribution in [0.3, 0.4) is 0 Å².